The maximum Gasteiger partial charge on any atom is 0.493 e. The van der Waals surface area contributed by atoms with Gasteiger partial charge in [0, 0.05) is 29.9 Å². The van der Waals surface area contributed by atoms with E-state index in [1.54, 1.807) is 6.92 Å². The van der Waals surface area contributed by atoms with Crippen molar-refractivity contribution in [3.05, 3.63) is 36.4 Å². The van der Waals surface area contributed by atoms with Crippen LogP contribution in [-0.2, 0) is 14.1 Å². The van der Waals surface area contributed by atoms with E-state index < -0.39 is 0 Å². The smallest absolute Gasteiger partial charge is 0.407 e. The van der Waals surface area contributed by atoms with E-state index in [4.69, 9.17) is 9.31 Å². The third-order valence-corrected chi connectivity index (χ3v) is 3.06. The van der Waals surface area contributed by atoms with Crippen molar-refractivity contribution in [1.29, 1.82) is 0 Å². The van der Waals surface area contributed by atoms with Gasteiger partial charge in [0.05, 0.1) is 0 Å². The summed E-state index contributed by atoms with van der Waals surface area (Å²) < 4.78 is 11.5. The van der Waals surface area contributed by atoms with Crippen LogP contribution in [0.5, 0.6) is 0 Å². The molecule has 2 rings (SSSR count). The molecule has 0 atom stereocenters. The molecule has 20 heavy (non-hydrogen) atoms. The summed E-state index contributed by atoms with van der Waals surface area (Å²) in [6.45, 7) is 10.8. The van der Waals surface area contributed by atoms with Gasteiger partial charge in [0.1, 0.15) is 0 Å². The number of nitrogens with one attached hydrogen (secondary N) is 1. The minimum atomic E-state index is -0.371. The van der Waals surface area contributed by atoms with Crippen molar-refractivity contribution in [3.63, 3.8) is 0 Å². The van der Waals surface area contributed by atoms with Gasteiger partial charge in [-0.05, 0) is 24.5 Å². The number of hydrogen-bond acceptors (Lipinski definition) is 3. The minimum absolute atomic E-state index is 0.0439. The second kappa shape index (κ2) is 5.81. The van der Waals surface area contributed by atoms with Crippen LogP contribution in [-0.4, -0.2) is 26.2 Å². The van der Waals surface area contributed by atoms with Crippen molar-refractivity contribution in [2.24, 2.45) is 5.41 Å². The summed E-state index contributed by atoms with van der Waals surface area (Å²) in [6, 6.07) is 7.50. The lowest BCUT2D eigenvalue weighted by atomic mass is 9.76. The summed E-state index contributed by atoms with van der Waals surface area (Å²) in [5, 5.41) is 2.79. The average Bonchev–Trinajstić information content (AvgIpc) is 2.38. The van der Waals surface area contributed by atoms with Gasteiger partial charge >= 0.3 is 7.12 Å². The van der Waals surface area contributed by atoms with E-state index in [0.717, 1.165) is 5.46 Å². The molecule has 0 unspecified atom stereocenters. The van der Waals surface area contributed by atoms with Gasteiger partial charge in [-0.1, -0.05) is 32.6 Å². The number of rotatable bonds is 3. The van der Waals surface area contributed by atoms with Crippen molar-refractivity contribution in [3.8, 4) is 0 Å². The Morgan fingerprint density at radius 3 is 2.60 bits per heavy atom. The number of anilines is 1. The maximum absolute atomic E-state index is 11.6. The highest BCUT2D eigenvalue weighted by Gasteiger charge is 2.33. The van der Waals surface area contributed by atoms with Gasteiger partial charge in [0.2, 0.25) is 0 Å². The molecule has 0 radical (unpaired) electrons. The highest BCUT2D eigenvalue weighted by molar-refractivity contribution is 6.61. The van der Waals surface area contributed by atoms with Crippen molar-refractivity contribution in [2.45, 2.75) is 20.8 Å². The summed E-state index contributed by atoms with van der Waals surface area (Å²) in [4.78, 5) is 11.6. The third kappa shape index (κ3) is 3.71. The summed E-state index contributed by atoms with van der Waals surface area (Å²) in [5.74, 6) is -0.186. The topological polar surface area (TPSA) is 47.6 Å². The zero-order chi connectivity index (χ0) is 14.8. The number of amides is 1. The molecule has 0 spiro atoms. The van der Waals surface area contributed by atoms with E-state index in [9.17, 15) is 4.79 Å². The molecule has 1 aromatic carbocycles. The van der Waals surface area contributed by atoms with E-state index in [2.05, 4.69) is 25.7 Å². The second-order valence-electron chi connectivity index (χ2n) is 5.98. The molecule has 0 aromatic heterocycles. The third-order valence-electron chi connectivity index (χ3n) is 3.06. The van der Waals surface area contributed by atoms with Gasteiger partial charge in [-0.25, -0.2) is 0 Å². The molecular formula is C15H20BNO3. The fraction of sp³-hybridized carbons (Fsp3) is 0.400. The fourth-order valence-electron chi connectivity index (χ4n) is 1.89. The number of hydrogen-bond donors (Lipinski definition) is 1. The van der Waals surface area contributed by atoms with Gasteiger partial charge in [-0.15, -0.1) is 0 Å². The molecule has 1 fully saturated rings. The molecule has 5 heteroatoms. The molecule has 106 valence electrons. The first kappa shape index (κ1) is 14.8. The van der Waals surface area contributed by atoms with Crippen LogP contribution in [0.15, 0.2) is 36.4 Å². The Labute approximate surface area is 120 Å². The lowest BCUT2D eigenvalue weighted by molar-refractivity contribution is -0.112. The first-order valence-electron chi connectivity index (χ1n) is 6.67. The monoisotopic (exact) mass is 273 g/mol. The second-order valence-corrected chi connectivity index (χ2v) is 5.98. The van der Waals surface area contributed by atoms with Crippen LogP contribution < -0.4 is 10.8 Å². The molecule has 1 aliphatic rings. The summed E-state index contributed by atoms with van der Waals surface area (Å²) in [5.41, 5.74) is 2.14. The van der Waals surface area contributed by atoms with E-state index in [0.29, 0.717) is 24.5 Å². The predicted octanol–water partition coefficient (Wildman–Crippen LogP) is 1.97. The summed E-state index contributed by atoms with van der Waals surface area (Å²) in [7, 11) is -0.371. The van der Waals surface area contributed by atoms with Crippen LogP contribution in [0.25, 0.3) is 0 Å². The van der Waals surface area contributed by atoms with Crippen molar-refractivity contribution < 1.29 is 14.1 Å². The quantitative estimate of drug-likeness (QED) is 0.676. The summed E-state index contributed by atoms with van der Waals surface area (Å²) >= 11 is 0. The van der Waals surface area contributed by atoms with Crippen LogP contribution in [0.4, 0.5) is 5.69 Å². The van der Waals surface area contributed by atoms with Crippen molar-refractivity contribution >= 4 is 24.2 Å². The predicted molar refractivity (Wildman–Crippen MR) is 81.0 cm³/mol. The first-order valence-corrected chi connectivity index (χ1v) is 6.67. The van der Waals surface area contributed by atoms with Crippen LogP contribution in [0.1, 0.15) is 20.8 Å². The molecule has 1 aliphatic heterocycles. The number of carbonyl (C=O) groups excluding carboxylic acids is 1. The largest absolute Gasteiger partial charge is 0.493 e. The minimum Gasteiger partial charge on any atom is -0.407 e. The molecule has 0 saturated carbocycles. The highest BCUT2D eigenvalue weighted by atomic mass is 16.6. The zero-order valence-electron chi connectivity index (χ0n) is 12.2. The van der Waals surface area contributed by atoms with Crippen molar-refractivity contribution in [2.75, 3.05) is 18.5 Å². The van der Waals surface area contributed by atoms with Gasteiger partial charge in [-0.3, -0.25) is 4.79 Å². The Balaban J connectivity index is 2.07. The molecule has 1 saturated heterocycles. The van der Waals surface area contributed by atoms with Crippen LogP contribution in [0, 0.1) is 5.41 Å². The van der Waals surface area contributed by atoms with E-state index in [1.165, 1.54) is 0 Å². The molecule has 0 bridgehead atoms. The number of carbonyl (C=O) groups is 1. The maximum atomic E-state index is 11.6. The van der Waals surface area contributed by atoms with Gasteiger partial charge in [-0.2, -0.15) is 0 Å². The Morgan fingerprint density at radius 1 is 1.35 bits per heavy atom. The van der Waals surface area contributed by atoms with Crippen LogP contribution in [0.3, 0.4) is 0 Å². The SMILES string of the molecule is C=C(C)C(=O)Nc1cccc(B2OCC(C)(C)CO2)c1. The lowest BCUT2D eigenvalue weighted by Crippen LogP contribution is -2.47. The summed E-state index contributed by atoms with van der Waals surface area (Å²) in [6.07, 6.45) is 0. The van der Waals surface area contributed by atoms with Crippen LogP contribution in [0.2, 0.25) is 0 Å². The Bertz CT molecular complexity index is 518. The highest BCUT2D eigenvalue weighted by Crippen LogP contribution is 2.21. The Hall–Kier alpha value is -1.59. The lowest BCUT2D eigenvalue weighted by Gasteiger charge is -2.33. The molecular weight excluding hydrogens is 253 g/mol. The van der Waals surface area contributed by atoms with E-state index in [-0.39, 0.29) is 18.4 Å². The standard InChI is InChI=1S/C15H20BNO3/c1-11(2)14(18)17-13-7-5-6-12(8-13)16-19-9-15(3,4)10-20-16/h5-8H,1,9-10H2,2-4H3,(H,17,18). The zero-order valence-corrected chi connectivity index (χ0v) is 12.2. The van der Waals surface area contributed by atoms with Gasteiger partial charge in [0.25, 0.3) is 5.91 Å². The molecule has 4 nitrogen and oxygen atoms in total. The van der Waals surface area contributed by atoms with Crippen molar-refractivity contribution in [1.82, 2.24) is 0 Å². The molecule has 1 heterocycles. The Kier molecular flexibility index (Phi) is 4.31. The van der Waals surface area contributed by atoms with Crippen LogP contribution >= 0.6 is 0 Å². The van der Waals surface area contributed by atoms with Gasteiger partial charge in [0.15, 0.2) is 0 Å². The van der Waals surface area contributed by atoms with E-state index in [1.807, 2.05) is 24.3 Å². The van der Waals surface area contributed by atoms with Gasteiger partial charge < -0.3 is 14.6 Å². The first-order chi connectivity index (χ1) is 9.37. The van der Waals surface area contributed by atoms with E-state index >= 15 is 0 Å². The molecule has 1 amide bonds. The molecule has 0 aliphatic carbocycles. The molecule has 1 N–H and O–H groups in total. The number of benzene rings is 1. The average molecular weight is 273 g/mol. The fourth-order valence-corrected chi connectivity index (χ4v) is 1.89. The molecule has 1 aromatic rings. The normalized spacial score (nSPS) is 17.6. The Morgan fingerprint density at radius 2 is 2.00 bits per heavy atom.